The smallest absolute Gasteiger partial charge is 0.234 e. The summed E-state index contributed by atoms with van der Waals surface area (Å²) < 4.78 is 39.8. The molecule has 0 bridgehead atoms. The van der Waals surface area contributed by atoms with E-state index in [0.717, 1.165) is 11.6 Å². The van der Waals surface area contributed by atoms with Gasteiger partial charge in [-0.25, -0.2) is 12.8 Å². The first-order valence-corrected chi connectivity index (χ1v) is 10.1. The highest BCUT2D eigenvalue weighted by atomic mass is 35.5. The molecule has 138 valence electrons. The van der Waals surface area contributed by atoms with Crippen molar-refractivity contribution in [2.75, 3.05) is 21.9 Å². The molecule has 0 spiro atoms. The van der Waals surface area contributed by atoms with E-state index in [1.54, 1.807) is 19.1 Å². The molecule has 2 aromatic carbocycles. The van der Waals surface area contributed by atoms with Gasteiger partial charge in [-0.05, 0) is 43.2 Å². The van der Waals surface area contributed by atoms with Crippen LogP contribution in [0.25, 0.3) is 0 Å². The Hall–Kier alpha value is -2.12. The number of nitrogens with zero attached hydrogens (tertiary/aromatic N) is 1. The van der Waals surface area contributed by atoms with Crippen LogP contribution in [-0.2, 0) is 21.2 Å². The summed E-state index contributed by atoms with van der Waals surface area (Å²) in [7, 11) is -3.51. The molecule has 0 aliphatic carbocycles. The third kappa shape index (κ3) is 3.68. The molecule has 1 unspecified atom stereocenters. The highest BCUT2D eigenvalue weighted by Gasteiger charge is 2.34. The molecule has 1 aliphatic rings. The summed E-state index contributed by atoms with van der Waals surface area (Å²) in [4.78, 5) is 12.6. The van der Waals surface area contributed by atoms with Crippen molar-refractivity contribution in [2.45, 2.75) is 13.3 Å². The lowest BCUT2D eigenvalue weighted by Gasteiger charge is -2.34. The van der Waals surface area contributed by atoms with Gasteiger partial charge < -0.3 is 5.32 Å². The number of amides is 1. The van der Waals surface area contributed by atoms with E-state index >= 15 is 0 Å². The third-order valence-corrected chi connectivity index (χ3v) is 6.42. The van der Waals surface area contributed by atoms with E-state index in [-0.39, 0.29) is 28.9 Å². The van der Waals surface area contributed by atoms with Gasteiger partial charge in [-0.3, -0.25) is 9.10 Å². The van der Waals surface area contributed by atoms with Crippen molar-refractivity contribution in [2.24, 2.45) is 5.92 Å². The lowest BCUT2D eigenvalue weighted by atomic mass is 9.93. The van der Waals surface area contributed by atoms with Crippen LogP contribution in [0.1, 0.15) is 12.5 Å². The fourth-order valence-electron chi connectivity index (χ4n) is 2.97. The Kier molecular flexibility index (Phi) is 5.20. The van der Waals surface area contributed by atoms with Crippen molar-refractivity contribution in [3.05, 3.63) is 58.9 Å². The molecule has 0 fully saturated rings. The number of hydrogen-bond acceptors (Lipinski definition) is 3. The molecular weight excluding hydrogens is 379 g/mol. The van der Waals surface area contributed by atoms with Gasteiger partial charge in [-0.2, -0.15) is 0 Å². The summed E-state index contributed by atoms with van der Waals surface area (Å²) in [6.45, 7) is 1.62. The number of carbonyl (C=O) groups is 1. The highest BCUT2D eigenvalue weighted by Crippen LogP contribution is 2.32. The summed E-state index contributed by atoms with van der Waals surface area (Å²) >= 11 is 5.65. The molecule has 1 atom stereocenters. The molecule has 1 heterocycles. The third-order valence-electron chi connectivity index (χ3n) is 4.37. The molecule has 0 saturated carbocycles. The van der Waals surface area contributed by atoms with Gasteiger partial charge in [0.25, 0.3) is 0 Å². The molecule has 8 heteroatoms. The van der Waals surface area contributed by atoms with E-state index in [9.17, 15) is 17.6 Å². The molecule has 2 aromatic rings. The molecule has 0 saturated heterocycles. The van der Waals surface area contributed by atoms with Crippen molar-refractivity contribution in [1.29, 1.82) is 0 Å². The molecule has 26 heavy (non-hydrogen) atoms. The summed E-state index contributed by atoms with van der Waals surface area (Å²) in [6, 6.07) is 11.1. The van der Waals surface area contributed by atoms with Gasteiger partial charge in [0.2, 0.25) is 15.9 Å². The average Bonchev–Trinajstić information content (AvgIpc) is 2.63. The highest BCUT2D eigenvalue weighted by molar-refractivity contribution is 7.92. The summed E-state index contributed by atoms with van der Waals surface area (Å²) in [5.74, 6) is -1.63. The van der Waals surface area contributed by atoms with Crippen LogP contribution in [0, 0.1) is 11.7 Å². The Bertz CT molecular complexity index is 949. The number of nitrogens with one attached hydrogen (secondary N) is 1. The maximum atomic E-state index is 13.6. The fraction of sp³-hybridized carbons (Fsp3) is 0.278. The topological polar surface area (TPSA) is 66.5 Å². The first-order valence-electron chi connectivity index (χ1n) is 8.16. The van der Waals surface area contributed by atoms with Crippen molar-refractivity contribution in [1.82, 2.24) is 0 Å². The second kappa shape index (κ2) is 7.25. The zero-order valence-electron chi connectivity index (χ0n) is 14.1. The lowest BCUT2D eigenvalue weighted by molar-refractivity contribution is -0.119. The molecular formula is C18H18ClFN2O3S. The first kappa shape index (κ1) is 18.7. The van der Waals surface area contributed by atoms with E-state index in [1.807, 2.05) is 12.1 Å². The van der Waals surface area contributed by atoms with Gasteiger partial charge in [-0.1, -0.05) is 29.8 Å². The summed E-state index contributed by atoms with van der Waals surface area (Å²) in [6.07, 6.45) is 0.411. The van der Waals surface area contributed by atoms with Crippen LogP contribution < -0.4 is 9.62 Å². The fourth-order valence-corrected chi connectivity index (χ4v) is 4.28. The second-order valence-corrected chi connectivity index (χ2v) is 8.67. The number of para-hydroxylation sites is 1. The quantitative estimate of drug-likeness (QED) is 0.860. The molecule has 0 aromatic heterocycles. The minimum Gasteiger partial charge on any atom is -0.326 e. The maximum absolute atomic E-state index is 13.6. The van der Waals surface area contributed by atoms with E-state index in [0.29, 0.717) is 12.1 Å². The SMILES string of the molecule is CCS(=O)(=O)N1CC(C(=O)Nc2ccc(Cl)c(F)c2)Cc2ccccc21. The Morgan fingerprint density at radius 1 is 1.31 bits per heavy atom. The van der Waals surface area contributed by atoms with Gasteiger partial charge in [0.1, 0.15) is 5.82 Å². The Morgan fingerprint density at radius 3 is 2.73 bits per heavy atom. The zero-order valence-corrected chi connectivity index (χ0v) is 15.6. The molecule has 0 radical (unpaired) electrons. The van der Waals surface area contributed by atoms with E-state index in [2.05, 4.69) is 5.32 Å². The standard InChI is InChI=1S/C18H18ClFN2O3S/c1-2-26(24,25)22-11-13(9-12-5-3-4-6-17(12)22)18(23)21-14-7-8-15(19)16(20)10-14/h3-8,10,13H,2,9,11H2,1H3,(H,21,23). The number of fused-ring (bicyclic) bond motifs is 1. The second-order valence-electron chi connectivity index (χ2n) is 6.08. The van der Waals surface area contributed by atoms with Crippen molar-refractivity contribution >= 4 is 38.9 Å². The van der Waals surface area contributed by atoms with Crippen LogP contribution in [0.3, 0.4) is 0 Å². The minimum absolute atomic E-state index is 0.0326. The van der Waals surface area contributed by atoms with Gasteiger partial charge >= 0.3 is 0 Å². The molecule has 5 nitrogen and oxygen atoms in total. The summed E-state index contributed by atoms with van der Waals surface area (Å²) in [5, 5.41) is 2.61. The largest absolute Gasteiger partial charge is 0.326 e. The first-order chi connectivity index (χ1) is 12.3. The average molecular weight is 397 g/mol. The normalized spacial score (nSPS) is 16.9. The van der Waals surface area contributed by atoms with Crippen LogP contribution in [0.15, 0.2) is 42.5 Å². The number of halogens is 2. The Balaban J connectivity index is 1.87. The number of sulfonamides is 1. The van der Waals surface area contributed by atoms with Crippen LogP contribution in [-0.4, -0.2) is 26.6 Å². The van der Waals surface area contributed by atoms with Crippen molar-refractivity contribution < 1.29 is 17.6 Å². The van der Waals surface area contributed by atoms with Crippen LogP contribution in [0.5, 0.6) is 0 Å². The van der Waals surface area contributed by atoms with Gasteiger partial charge in [0.15, 0.2) is 0 Å². The predicted octanol–water partition coefficient (Wildman–Crippen LogP) is 3.45. The molecule has 3 rings (SSSR count). The van der Waals surface area contributed by atoms with Crippen LogP contribution >= 0.6 is 11.6 Å². The Morgan fingerprint density at radius 2 is 2.04 bits per heavy atom. The number of rotatable bonds is 4. The van der Waals surface area contributed by atoms with Crippen molar-refractivity contribution in [3.8, 4) is 0 Å². The molecule has 1 aliphatic heterocycles. The number of hydrogen-bond donors (Lipinski definition) is 1. The van der Waals surface area contributed by atoms with Crippen LogP contribution in [0.2, 0.25) is 5.02 Å². The number of benzene rings is 2. The number of carbonyl (C=O) groups excluding carboxylic acids is 1. The minimum atomic E-state index is -3.51. The number of anilines is 2. The zero-order chi connectivity index (χ0) is 18.9. The molecule has 1 N–H and O–H groups in total. The summed E-state index contributed by atoms with van der Waals surface area (Å²) in [5.41, 5.74) is 1.68. The Labute approximate surface area is 156 Å². The predicted molar refractivity (Wildman–Crippen MR) is 100 cm³/mol. The van der Waals surface area contributed by atoms with Gasteiger partial charge in [-0.15, -0.1) is 0 Å². The van der Waals surface area contributed by atoms with E-state index < -0.39 is 21.8 Å². The molecule has 1 amide bonds. The van der Waals surface area contributed by atoms with Crippen LogP contribution in [0.4, 0.5) is 15.8 Å². The van der Waals surface area contributed by atoms with Gasteiger partial charge in [0.05, 0.1) is 22.4 Å². The maximum Gasteiger partial charge on any atom is 0.234 e. The monoisotopic (exact) mass is 396 g/mol. The van der Waals surface area contributed by atoms with E-state index in [1.165, 1.54) is 16.4 Å². The lowest BCUT2D eigenvalue weighted by Crippen LogP contribution is -2.44. The van der Waals surface area contributed by atoms with Gasteiger partial charge in [0, 0.05) is 12.2 Å². The van der Waals surface area contributed by atoms with E-state index in [4.69, 9.17) is 11.6 Å². The van der Waals surface area contributed by atoms with Crippen molar-refractivity contribution in [3.63, 3.8) is 0 Å².